The van der Waals surface area contributed by atoms with Gasteiger partial charge in [0.25, 0.3) is 11.8 Å². The van der Waals surface area contributed by atoms with Crippen molar-refractivity contribution in [3.8, 4) is 11.5 Å². The van der Waals surface area contributed by atoms with Crippen LogP contribution in [0.1, 0.15) is 36.5 Å². The van der Waals surface area contributed by atoms with Gasteiger partial charge in [0.15, 0.2) is 5.82 Å². The molecule has 0 aliphatic carbocycles. The molecule has 23 heavy (non-hydrogen) atoms. The SMILES string of the molecule is CCCNC(=O)c1cccc(-c2nc(CC(C)NC)no2)c1.Cl. The maximum atomic E-state index is 12.0. The summed E-state index contributed by atoms with van der Waals surface area (Å²) in [7, 11) is 1.89. The first-order valence-corrected chi connectivity index (χ1v) is 7.52. The lowest BCUT2D eigenvalue weighted by Crippen LogP contribution is -2.24. The third-order valence-corrected chi connectivity index (χ3v) is 3.36. The third-order valence-electron chi connectivity index (χ3n) is 3.36. The number of hydrogen-bond acceptors (Lipinski definition) is 5. The van der Waals surface area contributed by atoms with Crippen LogP contribution in [-0.2, 0) is 6.42 Å². The molecule has 1 atom stereocenters. The fraction of sp³-hybridized carbons (Fsp3) is 0.438. The van der Waals surface area contributed by atoms with Crippen molar-refractivity contribution in [1.82, 2.24) is 20.8 Å². The second-order valence-electron chi connectivity index (χ2n) is 5.25. The number of likely N-dealkylation sites (N-methyl/N-ethyl adjacent to an activating group) is 1. The minimum atomic E-state index is -0.0905. The summed E-state index contributed by atoms with van der Waals surface area (Å²) in [5.74, 6) is 0.994. The van der Waals surface area contributed by atoms with Crippen LogP contribution in [-0.4, -0.2) is 35.7 Å². The van der Waals surface area contributed by atoms with Crippen molar-refractivity contribution in [2.75, 3.05) is 13.6 Å². The maximum absolute atomic E-state index is 12.0. The minimum Gasteiger partial charge on any atom is -0.352 e. The monoisotopic (exact) mass is 338 g/mol. The second kappa shape index (κ2) is 9.27. The zero-order chi connectivity index (χ0) is 15.9. The number of aromatic nitrogens is 2. The largest absolute Gasteiger partial charge is 0.352 e. The molecule has 0 aliphatic heterocycles. The molecule has 1 aromatic carbocycles. The van der Waals surface area contributed by atoms with Crippen molar-refractivity contribution in [1.29, 1.82) is 0 Å². The Labute approximate surface area is 142 Å². The number of halogens is 1. The highest BCUT2D eigenvalue weighted by Crippen LogP contribution is 2.19. The van der Waals surface area contributed by atoms with Gasteiger partial charge in [0.05, 0.1) is 0 Å². The van der Waals surface area contributed by atoms with Gasteiger partial charge in [0.2, 0.25) is 0 Å². The van der Waals surface area contributed by atoms with Crippen LogP contribution in [0, 0.1) is 0 Å². The van der Waals surface area contributed by atoms with Crippen LogP contribution >= 0.6 is 12.4 Å². The Morgan fingerprint density at radius 1 is 1.39 bits per heavy atom. The Kier molecular flexibility index (Phi) is 7.71. The van der Waals surface area contributed by atoms with Gasteiger partial charge in [-0.15, -0.1) is 12.4 Å². The highest BCUT2D eigenvalue weighted by Gasteiger charge is 2.13. The zero-order valence-electron chi connectivity index (χ0n) is 13.6. The number of benzene rings is 1. The summed E-state index contributed by atoms with van der Waals surface area (Å²) in [4.78, 5) is 16.4. The molecule has 6 nitrogen and oxygen atoms in total. The van der Waals surface area contributed by atoms with E-state index in [0.29, 0.717) is 30.2 Å². The Morgan fingerprint density at radius 2 is 2.17 bits per heavy atom. The molecule has 1 unspecified atom stereocenters. The van der Waals surface area contributed by atoms with E-state index in [2.05, 4.69) is 27.7 Å². The average molecular weight is 339 g/mol. The summed E-state index contributed by atoms with van der Waals surface area (Å²) in [6.45, 7) is 4.73. The summed E-state index contributed by atoms with van der Waals surface area (Å²) in [5, 5.41) is 9.96. The van der Waals surface area contributed by atoms with Gasteiger partial charge in [0.1, 0.15) is 0 Å². The Bertz CT molecular complexity index is 630. The number of nitrogens with one attached hydrogen (secondary N) is 2. The van der Waals surface area contributed by atoms with Gasteiger partial charge in [0, 0.05) is 30.1 Å². The number of amides is 1. The van der Waals surface area contributed by atoms with Crippen molar-refractivity contribution in [2.45, 2.75) is 32.7 Å². The molecular formula is C16H23ClN4O2. The Balaban J connectivity index is 0.00000264. The smallest absolute Gasteiger partial charge is 0.257 e. The van der Waals surface area contributed by atoms with E-state index >= 15 is 0 Å². The van der Waals surface area contributed by atoms with E-state index < -0.39 is 0 Å². The van der Waals surface area contributed by atoms with Gasteiger partial charge in [-0.25, -0.2) is 0 Å². The Hall–Kier alpha value is -1.92. The van der Waals surface area contributed by atoms with E-state index in [1.807, 2.05) is 26.1 Å². The van der Waals surface area contributed by atoms with Gasteiger partial charge in [-0.05, 0) is 38.6 Å². The highest BCUT2D eigenvalue weighted by atomic mass is 35.5. The predicted octanol–water partition coefficient (Wildman–Crippen LogP) is 2.45. The second-order valence-corrected chi connectivity index (χ2v) is 5.25. The molecule has 126 valence electrons. The molecule has 0 fully saturated rings. The van der Waals surface area contributed by atoms with Crippen molar-refractivity contribution in [3.05, 3.63) is 35.7 Å². The third kappa shape index (κ3) is 5.33. The normalized spacial score (nSPS) is 11.6. The number of hydrogen-bond donors (Lipinski definition) is 2. The summed E-state index contributed by atoms with van der Waals surface area (Å²) < 4.78 is 5.29. The maximum Gasteiger partial charge on any atom is 0.257 e. The minimum absolute atomic E-state index is 0. The van der Waals surface area contributed by atoms with E-state index in [4.69, 9.17) is 4.52 Å². The van der Waals surface area contributed by atoms with E-state index in [1.165, 1.54) is 0 Å². The van der Waals surface area contributed by atoms with Gasteiger partial charge in [-0.2, -0.15) is 4.98 Å². The molecule has 7 heteroatoms. The lowest BCUT2D eigenvalue weighted by Gasteiger charge is -2.05. The van der Waals surface area contributed by atoms with Crippen LogP contribution < -0.4 is 10.6 Å². The molecule has 2 N–H and O–H groups in total. The van der Waals surface area contributed by atoms with Gasteiger partial charge in [-0.1, -0.05) is 18.1 Å². The molecule has 2 aromatic rings. The number of carbonyl (C=O) groups excluding carboxylic acids is 1. The van der Waals surface area contributed by atoms with Gasteiger partial charge in [-0.3, -0.25) is 4.79 Å². The van der Waals surface area contributed by atoms with E-state index in [0.717, 1.165) is 12.0 Å². The van der Waals surface area contributed by atoms with Crippen molar-refractivity contribution in [2.24, 2.45) is 0 Å². The topological polar surface area (TPSA) is 80.0 Å². The summed E-state index contributed by atoms with van der Waals surface area (Å²) in [6, 6.07) is 7.49. The lowest BCUT2D eigenvalue weighted by molar-refractivity contribution is 0.0953. The molecular weight excluding hydrogens is 316 g/mol. The molecule has 2 rings (SSSR count). The fourth-order valence-corrected chi connectivity index (χ4v) is 1.96. The molecule has 0 aliphatic rings. The first-order valence-electron chi connectivity index (χ1n) is 7.52. The molecule has 0 bridgehead atoms. The number of carbonyl (C=O) groups is 1. The van der Waals surface area contributed by atoms with E-state index in [1.54, 1.807) is 12.1 Å². The summed E-state index contributed by atoms with van der Waals surface area (Å²) in [5.41, 5.74) is 1.34. The highest BCUT2D eigenvalue weighted by molar-refractivity contribution is 5.95. The lowest BCUT2D eigenvalue weighted by atomic mass is 10.1. The van der Waals surface area contributed by atoms with E-state index in [9.17, 15) is 4.79 Å². The van der Waals surface area contributed by atoms with E-state index in [-0.39, 0.29) is 24.4 Å². The first kappa shape index (κ1) is 19.1. The first-order chi connectivity index (χ1) is 10.6. The van der Waals surface area contributed by atoms with Crippen LogP contribution in [0.3, 0.4) is 0 Å². The number of rotatable bonds is 7. The van der Waals surface area contributed by atoms with Crippen LogP contribution in [0.15, 0.2) is 28.8 Å². The molecule has 1 aromatic heterocycles. The van der Waals surface area contributed by atoms with Crippen molar-refractivity contribution in [3.63, 3.8) is 0 Å². The molecule has 0 saturated carbocycles. The zero-order valence-corrected chi connectivity index (χ0v) is 14.4. The fourth-order valence-electron chi connectivity index (χ4n) is 1.96. The van der Waals surface area contributed by atoms with Crippen LogP contribution in [0.5, 0.6) is 0 Å². The molecule has 0 saturated heterocycles. The molecule has 1 amide bonds. The number of nitrogens with zero attached hydrogens (tertiary/aromatic N) is 2. The van der Waals surface area contributed by atoms with Crippen LogP contribution in [0.25, 0.3) is 11.5 Å². The van der Waals surface area contributed by atoms with Crippen LogP contribution in [0.2, 0.25) is 0 Å². The van der Waals surface area contributed by atoms with Crippen molar-refractivity contribution < 1.29 is 9.32 Å². The predicted molar refractivity (Wildman–Crippen MR) is 91.8 cm³/mol. The quantitative estimate of drug-likeness (QED) is 0.810. The average Bonchev–Trinajstić information content (AvgIpc) is 3.01. The van der Waals surface area contributed by atoms with Gasteiger partial charge >= 0.3 is 0 Å². The Morgan fingerprint density at radius 3 is 2.87 bits per heavy atom. The summed E-state index contributed by atoms with van der Waals surface area (Å²) >= 11 is 0. The molecule has 0 spiro atoms. The van der Waals surface area contributed by atoms with Crippen molar-refractivity contribution >= 4 is 18.3 Å². The molecule has 1 heterocycles. The summed E-state index contributed by atoms with van der Waals surface area (Å²) in [6.07, 6.45) is 1.60. The van der Waals surface area contributed by atoms with Crippen LogP contribution in [0.4, 0.5) is 0 Å². The van der Waals surface area contributed by atoms with Gasteiger partial charge < -0.3 is 15.2 Å². The standard InChI is InChI=1S/C16H22N4O2.ClH/c1-4-8-18-15(21)12-6-5-7-13(10-12)16-19-14(20-22-16)9-11(2)17-3;/h5-7,10-11,17H,4,8-9H2,1-3H3,(H,18,21);1H. The molecule has 0 radical (unpaired) electrons.